The lowest BCUT2D eigenvalue weighted by atomic mass is 10.1. The van der Waals surface area contributed by atoms with Crippen molar-refractivity contribution in [2.45, 2.75) is 18.9 Å². The SMILES string of the molecule is O=C1COc2ccc(NC3CCOCC3)cc2N1. The van der Waals surface area contributed by atoms with Gasteiger partial charge in [0.2, 0.25) is 0 Å². The minimum absolute atomic E-state index is 0.0970. The van der Waals surface area contributed by atoms with E-state index in [0.29, 0.717) is 6.04 Å². The van der Waals surface area contributed by atoms with E-state index in [1.165, 1.54) is 0 Å². The molecule has 0 radical (unpaired) electrons. The van der Waals surface area contributed by atoms with Crippen LogP contribution in [-0.4, -0.2) is 31.8 Å². The highest BCUT2D eigenvalue weighted by atomic mass is 16.5. The summed E-state index contributed by atoms with van der Waals surface area (Å²) < 4.78 is 10.6. The molecule has 5 heteroatoms. The lowest BCUT2D eigenvalue weighted by molar-refractivity contribution is -0.118. The van der Waals surface area contributed by atoms with Gasteiger partial charge >= 0.3 is 0 Å². The van der Waals surface area contributed by atoms with Gasteiger partial charge in [-0.1, -0.05) is 0 Å². The Morgan fingerprint density at radius 2 is 2.11 bits per heavy atom. The molecule has 0 aromatic heterocycles. The molecular formula is C13H16N2O3. The molecular weight excluding hydrogens is 232 g/mol. The molecule has 0 bridgehead atoms. The van der Waals surface area contributed by atoms with Crippen molar-refractivity contribution in [1.29, 1.82) is 0 Å². The van der Waals surface area contributed by atoms with E-state index in [-0.39, 0.29) is 12.5 Å². The zero-order valence-corrected chi connectivity index (χ0v) is 10.1. The molecule has 0 spiro atoms. The van der Waals surface area contributed by atoms with Gasteiger partial charge in [-0.15, -0.1) is 0 Å². The number of rotatable bonds is 2. The van der Waals surface area contributed by atoms with Gasteiger partial charge in [0.1, 0.15) is 5.75 Å². The van der Waals surface area contributed by atoms with E-state index in [1.807, 2.05) is 18.2 Å². The second-order valence-electron chi connectivity index (χ2n) is 4.58. The van der Waals surface area contributed by atoms with Crippen molar-refractivity contribution in [3.8, 4) is 5.75 Å². The fourth-order valence-corrected chi connectivity index (χ4v) is 2.25. The quantitative estimate of drug-likeness (QED) is 0.834. The molecule has 0 unspecified atom stereocenters. The Kier molecular flexibility index (Phi) is 3.06. The van der Waals surface area contributed by atoms with E-state index in [2.05, 4.69) is 10.6 Å². The molecule has 18 heavy (non-hydrogen) atoms. The molecule has 3 rings (SSSR count). The molecule has 96 valence electrons. The summed E-state index contributed by atoms with van der Waals surface area (Å²) in [6, 6.07) is 6.22. The molecule has 5 nitrogen and oxygen atoms in total. The summed E-state index contributed by atoms with van der Waals surface area (Å²) in [5.41, 5.74) is 1.75. The van der Waals surface area contributed by atoms with Crippen molar-refractivity contribution in [2.24, 2.45) is 0 Å². The van der Waals surface area contributed by atoms with Gasteiger partial charge in [0.05, 0.1) is 5.69 Å². The molecule has 1 amide bonds. The van der Waals surface area contributed by atoms with Gasteiger partial charge in [0, 0.05) is 24.9 Å². The molecule has 2 aliphatic heterocycles. The van der Waals surface area contributed by atoms with Crippen molar-refractivity contribution in [3.05, 3.63) is 18.2 Å². The third kappa shape index (κ3) is 2.41. The Morgan fingerprint density at radius 1 is 1.28 bits per heavy atom. The topological polar surface area (TPSA) is 59.6 Å². The van der Waals surface area contributed by atoms with E-state index in [9.17, 15) is 4.79 Å². The average molecular weight is 248 g/mol. The molecule has 1 saturated heterocycles. The minimum Gasteiger partial charge on any atom is -0.482 e. The van der Waals surface area contributed by atoms with Crippen LogP contribution in [0.5, 0.6) is 5.75 Å². The first-order valence-corrected chi connectivity index (χ1v) is 6.22. The summed E-state index contributed by atoms with van der Waals surface area (Å²) in [5, 5.41) is 6.27. The van der Waals surface area contributed by atoms with Crippen LogP contribution in [0.2, 0.25) is 0 Å². The summed E-state index contributed by atoms with van der Waals surface area (Å²) >= 11 is 0. The average Bonchev–Trinajstić information content (AvgIpc) is 2.39. The fourth-order valence-electron chi connectivity index (χ4n) is 2.25. The first kappa shape index (κ1) is 11.3. The molecule has 0 aliphatic carbocycles. The molecule has 0 saturated carbocycles. The number of carbonyl (C=O) groups is 1. The zero-order chi connectivity index (χ0) is 12.4. The maximum Gasteiger partial charge on any atom is 0.262 e. The van der Waals surface area contributed by atoms with E-state index in [0.717, 1.165) is 43.2 Å². The van der Waals surface area contributed by atoms with Gasteiger partial charge in [0.15, 0.2) is 6.61 Å². The van der Waals surface area contributed by atoms with Gasteiger partial charge in [-0.25, -0.2) is 0 Å². The second-order valence-corrected chi connectivity index (χ2v) is 4.58. The third-order valence-corrected chi connectivity index (χ3v) is 3.20. The zero-order valence-electron chi connectivity index (χ0n) is 10.1. The number of benzene rings is 1. The summed E-state index contributed by atoms with van der Waals surface area (Å²) in [4.78, 5) is 11.3. The van der Waals surface area contributed by atoms with Gasteiger partial charge in [-0.2, -0.15) is 0 Å². The van der Waals surface area contributed by atoms with Crippen molar-refractivity contribution >= 4 is 17.3 Å². The van der Waals surface area contributed by atoms with E-state index in [1.54, 1.807) is 0 Å². The highest BCUT2D eigenvalue weighted by Gasteiger charge is 2.17. The van der Waals surface area contributed by atoms with Crippen molar-refractivity contribution in [3.63, 3.8) is 0 Å². The van der Waals surface area contributed by atoms with Crippen molar-refractivity contribution < 1.29 is 14.3 Å². The molecule has 0 atom stereocenters. The maximum atomic E-state index is 11.3. The third-order valence-electron chi connectivity index (χ3n) is 3.20. The predicted octanol–water partition coefficient (Wildman–Crippen LogP) is 1.61. The molecule has 1 aromatic rings. The summed E-state index contributed by atoms with van der Waals surface area (Å²) in [7, 11) is 0. The predicted molar refractivity (Wildman–Crippen MR) is 68.0 cm³/mol. The lowest BCUT2D eigenvalue weighted by Gasteiger charge is -2.25. The Balaban J connectivity index is 1.73. The van der Waals surface area contributed by atoms with Crippen LogP contribution in [0, 0.1) is 0 Å². The number of fused-ring (bicyclic) bond motifs is 1. The Morgan fingerprint density at radius 3 is 2.94 bits per heavy atom. The normalized spacial score (nSPS) is 19.7. The number of hydrogen-bond acceptors (Lipinski definition) is 4. The Labute approximate surface area is 105 Å². The van der Waals surface area contributed by atoms with Crippen LogP contribution in [0.1, 0.15) is 12.8 Å². The summed E-state index contributed by atoms with van der Waals surface area (Å²) in [5.74, 6) is 0.623. The number of hydrogen-bond donors (Lipinski definition) is 2. The van der Waals surface area contributed by atoms with E-state index < -0.39 is 0 Å². The highest BCUT2D eigenvalue weighted by molar-refractivity contribution is 5.96. The Bertz CT molecular complexity index is 456. The second kappa shape index (κ2) is 4.86. The fraction of sp³-hybridized carbons (Fsp3) is 0.462. The van der Waals surface area contributed by atoms with Crippen LogP contribution in [-0.2, 0) is 9.53 Å². The summed E-state index contributed by atoms with van der Waals surface area (Å²) in [6.07, 6.45) is 2.03. The van der Waals surface area contributed by atoms with Gasteiger partial charge in [0.25, 0.3) is 5.91 Å². The largest absolute Gasteiger partial charge is 0.482 e. The van der Waals surface area contributed by atoms with Crippen LogP contribution < -0.4 is 15.4 Å². The van der Waals surface area contributed by atoms with Crippen LogP contribution in [0.15, 0.2) is 18.2 Å². The number of nitrogens with one attached hydrogen (secondary N) is 2. The van der Waals surface area contributed by atoms with Crippen molar-refractivity contribution in [2.75, 3.05) is 30.5 Å². The van der Waals surface area contributed by atoms with Crippen LogP contribution in [0.25, 0.3) is 0 Å². The standard InChI is InChI=1S/C13H16N2O3/c16-13-8-18-12-2-1-10(7-11(12)15-13)14-9-3-5-17-6-4-9/h1-2,7,9,14H,3-6,8H2,(H,15,16). The monoisotopic (exact) mass is 248 g/mol. The molecule has 1 fully saturated rings. The van der Waals surface area contributed by atoms with Crippen LogP contribution in [0.4, 0.5) is 11.4 Å². The molecule has 2 heterocycles. The van der Waals surface area contributed by atoms with Crippen LogP contribution in [0.3, 0.4) is 0 Å². The number of carbonyl (C=O) groups excluding carboxylic acids is 1. The number of amides is 1. The van der Waals surface area contributed by atoms with Gasteiger partial charge < -0.3 is 20.1 Å². The first-order valence-electron chi connectivity index (χ1n) is 6.22. The summed E-state index contributed by atoms with van der Waals surface area (Å²) in [6.45, 7) is 1.71. The highest BCUT2D eigenvalue weighted by Crippen LogP contribution is 2.31. The smallest absolute Gasteiger partial charge is 0.262 e. The number of ether oxygens (including phenoxy) is 2. The maximum absolute atomic E-state index is 11.3. The molecule has 2 aliphatic rings. The van der Waals surface area contributed by atoms with Crippen molar-refractivity contribution in [1.82, 2.24) is 0 Å². The van der Waals surface area contributed by atoms with E-state index >= 15 is 0 Å². The van der Waals surface area contributed by atoms with E-state index in [4.69, 9.17) is 9.47 Å². The molecule has 2 N–H and O–H groups in total. The Hall–Kier alpha value is -1.75. The van der Waals surface area contributed by atoms with Gasteiger partial charge in [-0.05, 0) is 31.0 Å². The van der Waals surface area contributed by atoms with Gasteiger partial charge in [-0.3, -0.25) is 4.79 Å². The lowest BCUT2D eigenvalue weighted by Crippen LogP contribution is -2.28. The minimum atomic E-state index is -0.106. The van der Waals surface area contributed by atoms with Crippen LogP contribution >= 0.6 is 0 Å². The first-order chi connectivity index (χ1) is 8.81. The molecule has 1 aromatic carbocycles. The number of anilines is 2.